The summed E-state index contributed by atoms with van der Waals surface area (Å²) in [7, 11) is 0. The molecule has 2 atom stereocenters. The van der Waals surface area contributed by atoms with E-state index >= 15 is 0 Å². The Morgan fingerprint density at radius 3 is 2.27 bits per heavy atom. The number of hydrogen-bond donors (Lipinski definition) is 2. The first-order valence-corrected chi connectivity index (χ1v) is 9.39. The highest BCUT2D eigenvalue weighted by Gasteiger charge is 2.28. The highest BCUT2D eigenvalue weighted by atomic mass is 16.5. The number of ether oxygens (including phenoxy) is 1. The van der Waals surface area contributed by atoms with E-state index in [-0.39, 0.29) is 29.6 Å². The summed E-state index contributed by atoms with van der Waals surface area (Å²) >= 11 is 0. The molecule has 5 heteroatoms. The normalized spacial score (nSPS) is 18.2. The lowest BCUT2D eigenvalue weighted by molar-refractivity contribution is -0.138. The fourth-order valence-electron chi connectivity index (χ4n) is 3.38. The van der Waals surface area contributed by atoms with E-state index < -0.39 is 12.0 Å². The van der Waals surface area contributed by atoms with Gasteiger partial charge in [0.15, 0.2) is 0 Å². The molecule has 1 aliphatic rings. The maximum absolute atomic E-state index is 12.7. The van der Waals surface area contributed by atoms with Gasteiger partial charge >= 0.3 is 5.97 Å². The zero-order valence-electron chi connectivity index (χ0n) is 16.2. The summed E-state index contributed by atoms with van der Waals surface area (Å²) in [6.07, 6.45) is 1.62. The Hall–Kier alpha value is -1.88. The van der Waals surface area contributed by atoms with Gasteiger partial charge in [-0.1, -0.05) is 52.0 Å². The van der Waals surface area contributed by atoms with E-state index in [2.05, 4.69) is 26.1 Å². The number of rotatable bonds is 6. The van der Waals surface area contributed by atoms with Gasteiger partial charge < -0.3 is 15.2 Å². The second kappa shape index (κ2) is 8.67. The molecule has 0 aromatic heterocycles. The fourth-order valence-corrected chi connectivity index (χ4v) is 3.38. The summed E-state index contributed by atoms with van der Waals surface area (Å²) in [6, 6.07) is 7.36. The molecule has 1 aromatic rings. The summed E-state index contributed by atoms with van der Waals surface area (Å²) in [5.74, 6) is -0.862. The summed E-state index contributed by atoms with van der Waals surface area (Å²) in [6.45, 7) is 9.70. The molecule has 144 valence electrons. The average Bonchev–Trinajstić information content (AvgIpc) is 2.60. The van der Waals surface area contributed by atoms with E-state index in [1.165, 1.54) is 5.56 Å². The van der Waals surface area contributed by atoms with Crippen LogP contribution in [0.25, 0.3) is 0 Å². The van der Waals surface area contributed by atoms with Crippen molar-refractivity contribution in [2.24, 2.45) is 11.8 Å². The summed E-state index contributed by atoms with van der Waals surface area (Å²) in [5, 5.41) is 12.2. The summed E-state index contributed by atoms with van der Waals surface area (Å²) in [4.78, 5) is 24.0. The van der Waals surface area contributed by atoms with E-state index in [1.54, 1.807) is 0 Å². The van der Waals surface area contributed by atoms with Crippen LogP contribution in [0.2, 0.25) is 0 Å². The molecule has 1 heterocycles. The minimum atomic E-state index is -0.922. The maximum atomic E-state index is 12.7. The van der Waals surface area contributed by atoms with Crippen LogP contribution in [0.3, 0.4) is 0 Å². The van der Waals surface area contributed by atoms with Crippen molar-refractivity contribution >= 4 is 11.9 Å². The third kappa shape index (κ3) is 5.56. The van der Waals surface area contributed by atoms with Crippen molar-refractivity contribution in [1.82, 2.24) is 5.32 Å². The fraction of sp³-hybridized carbons (Fsp3) is 0.619. The van der Waals surface area contributed by atoms with Gasteiger partial charge in [-0.3, -0.25) is 9.59 Å². The zero-order valence-corrected chi connectivity index (χ0v) is 16.2. The van der Waals surface area contributed by atoms with Crippen molar-refractivity contribution in [2.45, 2.75) is 58.4 Å². The molecule has 2 rings (SSSR count). The van der Waals surface area contributed by atoms with Crippen LogP contribution in [0.15, 0.2) is 24.3 Å². The molecule has 2 N–H and O–H groups in total. The van der Waals surface area contributed by atoms with Crippen LogP contribution >= 0.6 is 0 Å². The number of carboxylic acid groups (broad SMARTS) is 1. The number of hydrogen-bond acceptors (Lipinski definition) is 3. The first-order valence-electron chi connectivity index (χ1n) is 9.39. The third-order valence-corrected chi connectivity index (χ3v) is 5.26. The molecule has 0 saturated carbocycles. The van der Waals surface area contributed by atoms with Crippen LogP contribution in [0.1, 0.15) is 64.1 Å². The van der Waals surface area contributed by atoms with Gasteiger partial charge in [-0.2, -0.15) is 0 Å². The van der Waals surface area contributed by atoms with Gasteiger partial charge in [0.05, 0.1) is 12.5 Å². The summed E-state index contributed by atoms with van der Waals surface area (Å²) in [5.41, 5.74) is 2.03. The van der Waals surface area contributed by atoms with Gasteiger partial charge in [0.25, 0.3) is 0 Å². The van der Waals surface area contributed by atoms with Crippen LogP contribution in [0, 0.1) is 11.8 Å². The zero-order chi connectivity index (χ0) is 19.3. The molecular formula is C21H31NO4. The lowest BCUT2D eigenvalue weighted by Crippen LogP contribution is -2.38. The number of benzene rings is 1. The van der Waals surface area contributed by atoms with E-state index in [0.717, 1.165) is 18.4 Å². The number of aliphatic carboxylic acids is 1. The first kappa shape index (κ1) is 20.4. The van der Waals surface area contributed by atoms with E-state index in [4.69, 9.17) is 4.74 Å². The van der Waals surface area contributed by atoms with Crippen LogP contribution in [-0.2, 0) is 19.7 Å². The maximum Gasteiger partial charge on any atom is 0.305 e. The smallest absolute Gasteiger partial charge is 0.305 e. The lowest BCUT2D eigenvalue weighted by Gasteiger charge is -2.28. The second-order valence-electron chi connectivity index (χ2n) is 8.27. The lowest BCUT2D eigenvalue weighted by atomic mass is 9.85. The topological polar surface area (TPSA) is 75.6 Å². The van der Waals surface area contributed by atoms with Crippen molar-refractivity contribution in [3.05, 3.63) is 35.4 Å². The van der Waals surface area contributed by atoms with Gasteiger partial charge in [0.2, 0.25) is 5.91 Å². The van der Waals surface area contributed by atoms with Gasteiger partial charge in [-0.25, -0.2) is 0 Å². The molecule has 5 nitrogen and oxygen atoms in total. The SMILES string of the molecule is CC(C(=O)NC(CC(=O)O)c1ccc(C(C)(C)C)cc1)C1CCOCC1. The highest BCUT2D eigenvalue weighted by Crippen LogP contribution is 2.27. The van der Waals surface area contributed by atoms with Crippen LogP contribution in [0.4, 0.5) is 0 Å². The number of nitrogens with one attached hydrogen (secondary N) is 1. The first-order chi connectivity index (χ1) is 12.2. The monoisotopic (exact) mass is 361 g/mol. The average molecular weight is 361 g/mol. The Balaban J connectivity index is 2.11. The van der Waals surface area contributed by atoms with Crippen LogP contribution < -0.4 is 5.32 Å². The van der Waals surface area contributed by atoms with E-state index in [0.29, 0.717) is 13.2 Å². The number of carbonyl (C=O) groups is 2. The molecule has 0 spiro atoms. The Labute approximate surface area is 156 Å². The van der Waals surface area contributed by atoms with Gasteiger partial charge in [-0.05, 0) is 35.3 Å². The molecule has 1 aliphatic heterocycles. The van der Waals surface area contributed by atoms with E-state index in [9.17, 15) is 14.7 Å². The van der Waals surface area contributed by atoms with Crippen LogP contribution in [0.5, 0.6) is 0 Å². The minimum absolute atomic E-state index is 0.0294. The van der Waals surface area contributed by atoms with Crippen molar-refractivity contribution < 1.29 is 19.4 Å². The van der Waals surface area contributed by atoms with Gasteiger partial charge in [0, 0.05) is 19.1 Å². The molecule has 0 aliphatic carbocycles. The van der Waals surface area contributed by atoms with Gasteiger partial charge in [-0.15, -0.1) is 0 Å². The molecule has 2 unspecified atom stereocenters. The number of carboxylic acids is 1. The largest absolute Gasteiger partial charge is 0.481 e. The van der Waals surface area contributed by atoms with Gasteiger partial charge in [0.1, 0.15) is 0 Å². The standard InChI is InChI=1S/C21H31NO4/c1-14(15-9-11-26-12-10-15)20(25)22-18(13-19(23)24)16-5-7-17(8-6-16)21(2,3)4/h5-8,14-15,18H,9-13H2,1-4H3,(H,22,25)(H,23,24). The van der Waals surface area contributed by atoms with Crippen molar-refractivity contribution in [3.63, 3.8) is 0 Å². The predicted molar refractivity (Wildman–Crippen MR) is 101 cm³/mol. The highest BCUT2D eigenvalue weighted by molar-refractivity contribution is 5.80. The predicted octanol–water partition coefficient (Wildman–Crippen LogP) is 3.68. The molecule has 0 radical (unpaired) electrons. The Morgan fingerprint density at radius 2 is 1.77 bits per heavy atom. The molecule has 1 saturated heterocycles. The van der Waals surface area contributed by atoms with Crippen molar-refractivity contribution in [2.75, 3.05) is 13.2 Å². The molecule has 1 aromatic carbocycles. The Morgan fingerprint density at radius 1 is 1.19 bits per heavy atom. The third-order valence-electron chi connectivity index (χ3n) is 5.26. The second-order valence-corrected chi connectivity index (χ2v) is 8.27. The molecule has 26 heavy (non-hydrogen) atoms. The molecule has 1 fully saturated rings. The Kier molecular flexibility index (Phi) is 6.81. The van der Waals surface area contributed by atoms with Crippen molar-refractivity contribution in [1.29, 1.82) is 0 Å². The summed E-state index contributed by atoms with van der Waals surface area (Å²) < 4.78 is 5.36. The molecule has 1 amide bonds. The Bertz CT molecular complexity index is 612. The number of carbonyl (C=O) groups excluding carboxylic acids is 1. The molecular weight excluding hydrogens is 330 g/mol. The quantitative estimate of drug-likeness (QED) is 0.810. The van der Waals surface area contributed by atoms with E-state index in [1.807, 2.05) is 31.2 Å². The van der Waals surface area contributed by atoms with Crippen molar-refractivity contribution in [3.8, 4) is 0 Å². The molecule has 0 bridgehead atoms. The van der Waals surface area contributed by atoms with Crippen LogP contribution in [-0.4, -0.2) is 30.2 Å². The number of amides is 1. The minimum Gasteiger partial charge on any atom is -0.481 e.